The normalized spacial score (nSPS) is 11.3. The first-order valence-corrected chi connectivity index (χ1v) is 8.64. The number of hydrogen-bond acceptors (Lipinski definition) is 5. The molecule has 2 N–H and O–H groups in total. The van der Waals surface area contributed by atoms with Crippen molar-refractivity contribution in [2.45, 2.75) is 19.3 Å². The van der Waals surface area contributed by atoms with E-state index < -0.39 is 12.8 Å². The molecule has 0 saturated heterocycles. The van der Waals surface area contributed by atoms with E-state index in [1.165, 1.54) is 12.3 Å². The van der Waals surface area contributed by atoms with Gasteiger partial charge in [0.2, 0.25) is 5.88 Å². The molecule has 0 atom stereocenters. The molecule has 1 heterocycles. The molecule has 1 aromatic heterocycles. The summed E-state index contributed by atoms with van der Waals surface area (Å²) in [5, 5.41) is 6.27. The zero-order valence-corrected chi connectivity index (χ0v) is 19.1. The highest BCUT2D eigenvalue weighted by atomic mass is 127. The summed E-state index contributed by atoms with van der Waals surface area (Å²) in [7, 11) is 4.80. The van der Waals surface area contributed by atoms with Crippen LogP contribution in [0.2, 0.25) is 0 Å². The van der Waals surface area contributed by atoms with Gasteiger partial charge in [0.05, 0.1) is 14.2 Å². The number of pyridine rings is 1. The Labute approximate surface area is 190 Å². The third-order valence-corrected chi connectivity index (χ3v) is 3.81. The molecule has 1 aromatic carbocycles. The Morgan fingerprint density at radius 1 is 1.07 bits per heavy atom. The highest BCUT2D eigenvalue weighted by molar-refractivity contribution is 14.0. The Morgan fingerprint density at radius 3 is 2.37 bits per heavy atom. The van der Waals surface area contributed by atoms with Crippen molar-refractivity contribution in [3.05, 3.63) is 47.7 Å². The van der Waals surface area contributed by atoms with Crippen molar-refractivity contribution in [2.75, 3.05) is 27.9 Å². The number of alkyl halides is 3. The van der Waals surface area contributed by atoms with Gasteiger partial charge in [-0.1, -0.05) is 6.07 Å². The number of ether oxygens (including phenoxy) is 3. The summed E-state index contributed by atoms with van der Waals surface area (Å²) in [5.74, 6) is 1.84. The number of benzene rings is 1. The van der Waals surface area contributed by atoms with Crippen molar-refractivity contribution >= 4 is 29.9 Å². The molecule has 0 radical (unpaired) electrons. The average molecular weight is 540 g/mol. The summed E-state index contributed by atoms with van der Waals surface area (Å²) in [6.45, 7) is -0.524. The lowest BCUT2D eigenvalue weighted by Crippen LogP contribution is -2.36. The van der Waals surface area contributed by atoms with Crippen molar-refractivity contribution in [1.29, 1.82) is 0 Å². The van der Waals surface area contributed by atoms with Gasteiger partial charge in [-0.3, -0.25) is 4.99 Å². The van der Waals surface area contributed by atoms with Crippen LogP contribution in [0.25, 0.3) is 0 Å². The van der Waals surface area contributed by atoms with E-state index in [2.05, 4.69) is 25.3 Å². The fourth-order valence-electron chi connectivity index (χ4n) is 2.34. The number of aromatic nitrogens is 1. The van der Waals surface area contributed by atoms with Crippen LogP contribution in [0, 0.1) is 0 Å². The number of halogens is 4. The molecular weight excluding hydrogens is 516 g/mol. The number of hydrogen-bond donors (Lipinski definition) is 2. The number of aliphatic imine (C=N–C) groups is 1. The summed E-state index contributed by atoms with van der Waals surface area (Å²) < 4.78 is 51.6. The van der Waals surface area contributed by atoms with Gasteiger partial charge in [-0.25, -0.2) is 4.98 Å². The SMILES string of the molecule is CN=C(NCc1ccc(OCC(F)(F)F)nc1)NCc1ccc(OC)cc1OC.I. The highest BCUT2D eigenvalue weighted by Crippen LogP contribution is 2.24. The Hall–Kier alpha value is -2.44. The van der Waals surface area contributed by atoms with Crippen LogP contribution in [0.1, 0.15) is 11.1 Å². The molecule has 7 nitrogen and oxygen atoms in total. The monoisotopic (exact) mass is 540 g/mol. The fourth-order valence-corrected chi connectivity index (χ4v) is 2.34. The van der Waals surface area contributed by atoms with Gasteiger partial charge >= 0.3 is 6.18 Å². The average Bonchev–Trinajstić information content (AvgIpc) is 2.72. The number of methoxy groups -OCH3 is 2. The van der Waals surface area contributed by atoms with Gasteiger partial charge in [-0.05, 0) is 17.7 Å². The molecule has 30 heavy (non-hydrogen) atoms. The molecule has 0 aliphatic rings. The van der Waals surface area contributed by atoms with E-state index in [0.29, 0.717) is 30.5 Å². The summed E-state index contributed by atoms with van der Waals surface area (Å²) in [6, 6.07) is 8.54. The quantitative estimate of drug-likeness (QED) is 0.303. The predicted molar refractivity (Wildman–Crippen MR) is 118 cm³/mol. The molecule has 0 amide bonds. The molecule has 0 aliphatic carbocycles. The van der Waals surface area contributed by atoms with Gasteiger partial charge in [0.25, 0.3) is 0 Å². The van der Waals surface area contributed by atoms with Crippen LogP contribution in [0.3, 0.4) is 0 Å². The minimum atomic E-state index is -4.40. The lowest BCUT2D eigenvalue weighted by atomic mass is 10.2. The highest BCUT2D eigenvalue weighted by Gasteiger charge is 2.28. The molecule has 11 heteroatoms. The van der Waals surface area contributed by atoms with E-state index in [4.69, 9.17) is 9.47 Å². The standard InChI is InChI=1S/C19H23F3N4O3.HI/c1-23-18(26-11-14-5-6-15(27-2)8-16(14)28-3)25-10-13-4-7-17(24-9-13)29-12-19(20,21)22;/h4-9H,10-12H2,1-3H3,(H2,23,25,26);1H. The van der Waals surface area contributed by atoms with Crippen LogP contribution >= 0.6 is 24.0 Å². The van der Waals surface area contributed by atoms with Crippen LogP contribution in [-0.2, 0) is 13.1 Å². The molecule has 2 aromatic rings. The second kappa shape index (κ2) is 12.3. The molecule has 0 bridgehead atoms. The van der Waals surface area contributed by atoms with Crippen molar-refractivity contribution in [3.8, 4) is 17.4 Å². The molecule has 0 fully saturated rings. The molecule has 0 spiro atoms. The number of rotatable bonds is 8. The Balaban J connectivity index is 0.00000450. The zero-order valence-electron chi connectivity index (χ0n) is 16.7. The van der Waals surface area contributed by atoms with Crippen LogP contribution in [0.4, 0.5) is 13.2 Å². The van der Waals surface area contributed by atoms with Crippen molar-refractivity contribution in [3.63, 3.8) is 0 Å². The minimum absolute atomic E-state index is 0. The maximum atomic E-state index is 12.2. The summed E-state index contributed by atoms with van der Waals surface area (Å²) in [5.41, 5.74) is 1.68. The van der Waals surface area contributed by atoms with Gasteiger partial charge < -0.3 is 24.8 Å². The first-order chi connectivity index (χ1) is 13.8. The summed E-state index contributed by atoms with van der Waals surface area (Å²) in [4.78, 5) is 8.01. The second-order valence-electron chi connectivity index (χ2n) is 5.87. The minimum Gasteiger partial charge on any atom is -0.497 e. The van der Waals surface area contributed by atoms with Gasteiger partial charge in [0, 0.05) is 44.0 Å². The van der Waals surface area contributed by atoms with Crippen LogP contribution in [0.5, 0.6) is 17.4 Å². The zero-order chi connectivity index (χ0) is 21.3. The van der Waals surface area contributed by atoms with E-state index in [9.17, 15) is 13.2 Å². The van der Waals surface area contributed by atoms with Crippen molar-refractivity contribution < 1.29 is 27.4 Å². The molecule has 166 valence electrons. The smallest absolute Gasteiger partial charge is 0.422 e. The van der Waals surface area contributed by atoms with E-state index in [0.717, 1.165) is 11.1 Å². The van der Waals surface area contributed by atoms with E-state index in [-0.39, 0.29) is 29.9 Å². The molecule has 0 unspecified atom stereocenters. The number of guanidine groups is 1. The second-order valence-corrected chi connectivity index (χ2v) is 5.87. The molecular formula is C19H24F3IN4O3. The summed E-state index contributed by atoms with van der Waals surface area (Å²) in [6.07, 6.45) is -2.95. The van der Waals surface area contributed by atoms with Gasteiger partial charge in [0.15, 0.2) is 12.6 Å². The Bertz CT molecular complexity index is 818. The molecule has 0 aliphatic heterocycles. The van der Waals surface area contributed by atoms with E-state index >= 15 is 0 Å². The molecule has 2 rings (SSSR count). The van der Waals surface area contributed by atoms with Gasteiger partial charge in [-0.15, -0.1) is 24.0 Å². The lowest BCUT2D eigenvalue weighted by molar-refractivity contribution is -0.154. The predicted octanol–water partition coefficient (Wildman–Crippen LogP) is 3.52. The van der Waals surface area contributed by atoms with Crippen LogP contribution in [0.15, 0.2) is 41.5 Å². The van der Waals surface area contributed by atoms with Crippen LogP contribution in [-0.4, -0.2) is 45.0 Å². The third-order valence-electron chi connectivity index (χ3n) is 3.81. The third kappa shape index (κ3) is 8.51. The van der Waals surface area contributed by atoms with Crippen molar-refractivity contribution in [2.24, 2.45) is 4.99 Å². The Kier molecular flexibility index (Phi) is 10.5. The number of nitrogens with one attached hydrogen (secondary N) is 2. The number of nitrogens with zero attached hydrogens (tertiary/aromatic N) is 2. The lowest BCUT2D eigenvalue weighted by Gasteiger charge is -2.14. The molecule has 0 saturated carbocycles. The largest absolute Gasteiger partial charge is 0.497 e. The van der Waals surface area contributed by atoms with Gasteiger partial charge in [-0.2, -0.15) is 13.2 Å². The topological polar surface area (TPSA) is 77.0 Å². The first kappa shape index (κ1) is 25.6. The first-order valence-electron chi connectivity index (χ1n) is 8.64. The maximum absolute atomic E-state index is 12.2. The van der Waals surface area contributed by atoms with Gasteiger partial charge in [0.1, 0.15) is 11.5 Å². The van der Waals surface area contributed by atoms with E-state index in [1.807, 2.05) is 12.1 Å². The van der Waals surface area contributed by atoms with Crippen LogP contribution < -0.4 is 24.8 Å². The van der Waals surface area contributed by atoms with Crippen molar-refractivity contribution in [1.82, 2.24) is 15.6 Å². The fraction of sp³-hybridized carbons (Fsp3) is 0.368. The maximum Gasteiger partial charge on any atom is 0.422 e. The summed E-state index contributed by atoms with van der Waals surface area (Å²) >= 11 is 0. The Morgan fingerprint density at radius 2 is 1.80 bits per heavy atom. The van der Waals surface area contributed by atoms with E-state index in [1.54, 1.807) is 33.4 Å².